The highest BCUT2D eigenvalue weighted by Gasteiger charge is 2.58. The Bertz CT molecular complexity index is 613. The molecule has 0 heterocycles. The van der Waals surface area contributed by atoms with Gasteiger partial charge in [0, 0.05) is 11.6 Å². The van der Waals surface area contributed by atoms with Crippen LogP contribution in [-0.4, -0.2) is 24.3 Å². The van der Waals surface area contributed by atoms with E-state index in [1.807, 2.05) is 0 Å². The first-order chi connectivity index (χ1) is 12.4. The van der Waals surface area contributed by atoms with Gasteiger partial charge in [-0.25, -0.2) is 0 Å². The lowest BCUT2D eigenvalue weighted by molar-refractivity contribution is -0.225. The number of allylic oxidation sites excluding steroid dienone is 4. The molecule has 0 spiro atoms. The molecule has 8 heteroatoms. The highest BCUT2D eigenvalue weighted by Crippen LogP contribution is 2.46. The smallest absolute Gasteiger partial charge is 0.353 e. The third kappa shape index (κ3) is 4.51. The van der Waals surface area contributed by atoms with Crippen molar-refractivity contribution in [3.05, 3.63) is 23.3 Å². The van der Waals surface area contributed by atoms with Crippen molar-refractivity contribution in [2.75, 3.05) is 0 Å². The summed E-state index contributed by atoms with van der Waals surface area (Å²) in [5.41, 5.74) is -2.06. The summed E-state index contributed by atoms with van der Waals surface area (Å²) in [5, 5.41) is 2.52. The van der Waals surface area contributed by atoms with Crippen LogP contribution in [0.25, 0.3) is 0 Å². The summed E-state index contributed by atoms with van der Waals surface area (Å²) in [6.45, 7) is 2.98. The molecule has 0 aromatic rings. The predicted molar refractivity (Wildman–Crippen MR) is 89.8 cm³/mol. The van der Waals surface area contributed by atoms with Crippen molar-refractivity contribution in [3.8, 4) is 0 Å². The fourth-order valence-electron chi connectivity index (χ4n) is 3.94. The molecule has 1 unspecified atom stereocenters. The molecule has 0 radical (unpaired) electrons. The van der Waals surface area contributed by atoms with Crippen molar-refractivity contribution in [1.29, 1.82) is 0 Å². The van der Waals surface area contributed by atoms with Gasteiger partial charge in [-0.15, -0.1) is 0 Å². The molecule has 2 aliphatic rings. The fourth-order valence-corrected chi connectivity index (χ4v) is 3.94. The van der Waals surface area contributed by atoms with Crippen LogP contribution in [0, 0.1) is 11.3 Å². The molecule has 1 atom stereocenters. The van der Waals surface area contributed by atoms with E-state index >= 15 is 0 Å². The van der Waals surface area contributed by atoms with E-state index in [0.717, 1.165) is 11.6 Å². The Balaban J connectivity index is 1.96. The standard InChI is InChI=1S/C19H25F6NO/c1-3-9-17(4-2,19(23,24)25)16(27)26-15-10-13(11-15)12-5-7-14(8-6-12)18(20,21)22/h5,7,13,15H,3-4,6,8-11H2,1-2H3,(H,26,27). The Hall–Kier alpha value is -1.47. The monoisotopic (exact) mass is 397 g/mol. The van der Waals surface area contributed by atoms with E-state index in [0.29, 0.717) is 19.3 Å². The van der Waals surface area contributed by atoms with E-state index in [2.05, 4.69) is 5.32 Å². The van der Waals surface area contributed by atoms with Crippen LogP contribution in [0.1, 0.15) is 58.8 Å². The fraction of sp³-hybridized carbons (Fsp3) is 0.737. The average Bonchev–Trinajstić information content (AvgIpc) is 2.53. The molecule has 0 aromatic heterocycles. The molecule has 1 amide bonds. The Morgan fingerprint density at radius 1 is 1.07 bits per heavy atom. The van der Waals surface area contributed by atoms with Crippen molar-refractivity contribution in [2.24, 2.45) is 11.3 Å². The van der Waals surface area contributed by atoms with Crippen LogP contribution in [0.15, 0.2) is 23.3 Å². The van der Waals surface area contributed by atoms with Gasteiger partial charge in [0.15, 0.2) is 0 Å². The van der Waals surface area contributed by atoms with E-state index in [9.17, 15) is 31.1 Å². The minimum Gasteiger partial charge on any atom is -0.353 e. The number of carbonyl (C=O) groups excluding carboxylic acids is 1. The van der Waals surface area contributed by atoms with Crippen LogP contribution in [0.4, 0.5) is 26.3 Å². The minimum atomic E-state index is -4.62. The maximum atomic E-state index is 13.5. The van der Waals surface area contributed by atoms with Gasteiger partial charge in [-0.3, -0.25) is 4.79 Å². The van der Waals surface area contributed by atoms with Crippen molar-refractivity contribution in [3.63, 3.8) is 0 Å². The van der Waals surface area contributed by atoms with Crippen LogP contribution < -0.4 is 5.32 Å². The maximum Gasteiger partial charge on any atom is 0.412 e. The summed E-state index contributed by atoms with van der Waals surface area (Å²) < 4.78 is 78.5. The highest BCUT2D eigenvalue weighted by molar-refractivity contribution is 5.83. The van der Waals surface area contributed by atoms with Gasteiger partial charge < -0.3 is 5.32 Å². The number of amides is 1. The average molecular weight is 397 g/mol. The van der Waals surface area contributed by atoms with Gasteiger partial charge in [0.25, 0.3) is 0 Å². The summed E-state index contributed by atoms with van der Waals surface area (Å²) in [4.78, 5) is 12.4. The molecular weight excluding hydrogens is 372 g/mol. The number of hydrogen-bond acceptors (Lipinski definition) is 1. The molecule has 2 nitrogen and oxygen atoms in total. The maximum absolute atomic E-state index is 13.5. The van der Waals surface area contributed by atoms with E-state index in [4.69, 9.17) is 0 Å². The predicted octanol–water partition coefficient (Wildman–Crippen LogP) is 5.85. The van der Waals surface area contributed by atoms with Crippen molar-refractivity contribution >= 4 is 5.91 Å². The Kier molecular flexibility index (Phi) is 6.37. The number of halogens is 6. The minimum absolute atomic E-state index is 0.0226. The molecule has 2 rings (SSSR count). The molecule has 2 aliphatic carbocycles. The van der Waals surface area contributed by atoms with Gasteiger partial charge >= 0.3 is 12.4 Å². The lowest BCUT2D eigenvalue weighted by Crippen LogP contribution is -2.55. The third-order valence-electron chi connectivity index (χ3n) is 5.80. The van der Waals surface area contributed by atoms with Gasteiger partial charge in [-0.1, -0.05) is 38.0 Å². The first-order valence-corrected chi connectivity index (χ1v) is 9.29. The van der Waals surface area contributed by atoms with Crippen LogP contribution in [0.3, 0.4) is 0 Å². The number of rotatable bonds is 6. The summed E-state index contributed by atoms with van der Waals surface area (Å²) >= 11 is 0. The van der Waals surface area contributed by atoms with Gasteiger partial charge in [0.2, 0.25) is 5.91 Å². The topological polar surface area (TPSA) is 29.1 Å². The van der Waals surface area contributed by atoms with Gasteiger partial charge in [-0.05, 0) is 44.4 Å². The molecule has 0 bridgehead atoms. The van der Waals surface area contributed by atoms with Gasteiger partial charge in [0.05, 0.1) is 0 Å². The van der Waals surface area contributed by atoms with E-state index < -0.39 is 29.2 Å². The SMILES string of the molecule is CCCC(CC)(C(=O)NC1CC(C2=CC=C(C(F)(F)F)CC2)C1)C(F)(F)F. The molecule has 1 N–H and O–H groups in total. The van der Waals surface area contributed by atoms with Gasteiger partial charge in [-0.2, -0.15) is 26.3 Å². The van der Waals surface area contributed by atoms with Gasteiger partial charge in [0.1, 0.15) is 5.41 Å². The number of carbonyl (C=O) groups is 1. The zero-order valence-electron chi connectivity index (χ0n) is 15.4. The molecular formula is C19H25F6NO. The number of alkyl halides is 6. The lowest BCUT2D eigenvalue weighted by Gasteiger charge is -2.41. The molecule has 0 saturated heterocycles. The van der Waals surface area contributed by atoms with Crippen LogP contribution in [0.5, 0.6) is 0 Å². The van der Waals surface area contributed by atoms with Crippen LogP contribution >= 0.6 is 0 Å². The van der Waals surface area contributed by atoms with Crippen LogP contribution in [0.2, 0.25) is 0 Å². The second kappa shape index (κ2) is 7.87. The van der Waals surface area contributed by atoms with Crippen molar-refractivity contribution in [1.82, 2.24) is 5.32 Å². The summed E-state index contributed by atoms with van der Waals surface area (Å²) in [6.07, 6.45) is -5.56. The first kappa shape index (κ1) is 21.8. The first-order valence-electron chi connectivity index (χ1n) is 9.29. The molecule has 154 valence electrons. The molecule has 0 aromatic carbocycles. The molecule has 27 heavy (non-hydrogen) atoms. The Labute approximate surface area is 155 Å². The Morgan fingerprint density at radius 3 is 2.11 bits per heavy atom. The van der Waals surface area contributed by atoms with E-state index in [1.54, 1.807) is 6.92 Å². The largest absolute Gasteiger partial charge is 0.412 e. The number of hydrogen-bond donors (Lipinski definition) is 1. The molecule has 1 fully saturated rings. The van der Waals surface area contributed by atoms with Crippen molar-refractivity contribution in [2.45, 2.75) is 77.2 Å². The Morgan fingerprint density at radius 2 is 1.70 bits per heavy atom. The summed E-state index contributed by atoms with van der Waals surface area (Å²) in [5.74, 6) is -0.964. The summed E-state index contributed by atoms with van der Waals surface area (Å²) in [6, 6.07) is -0.360. The zero-order chi connectivity index (χ0) is 20.5. The second-order valence-corrected chi connectivity index (χ2v) is 7.45. The second-order valence-electron chi connectivity index (χ2n) is 7.45. The van der Waals surface area contributed by atoms with E-state index in [1.165, 1.54) is 13.0 Å². The summed E-state index contributed by atoms with van der Waals surface area (Å²) in [7, 11) is 0. The van der Waals surface area contributed by atoms with Crippen molar-refractivity contribution < 1.29 is 31.1 Å². The molecule has 0 aliphatic heterocycles. The third-order valence-corrected chi connectivity index (χ3v) is 5.80. The lowest BCUT2D eigenvalue weighted by atomic mass is 9.72. The zero-order valence-corrected chi connectivity index (χ0v) is 15.4. The van der Waals surface area contributed by atoms with E-state index in [-0.39, 0.29) is 37.6 Å². The highest BCUT2D eigenvalue weighted by atomic mass is 19.4. The number of nitrogens with one attached hydrogen (secondary N) is 1. The van der Waals surface area contributed by atoms with Crippen LogP contribution in [-0.2, 0) is 4.79 Å². The molecule has 1 saturated carbocycles. The normalized spacial score (nSPS) is 25.8. The quantitative estimate of drug-likeness (QED) is 0.560.